The van der Waals surface area contributed by atoms with E-state index in [2.05, 4.69) is 34.3 Å². The summed E-state index contributed by atoms with van der Waals surface area (Å²) in [6.07, 6.45) is 4.63. The van der Waals surface area contributed by atoms with Crippen molar-refractivity contribution in [2.24, 2.45) is 0 Å². The van der Waals surface area contributed by atoms with E-state index in [1.165, 1.54) is 11.3 Å². The SMILES string of the molecule is CCC(CC)c1nnc(NC(=O)N(CC)CCc2nccs2)s1. The Balaban J connectivity index is 1.91. The molecule has 2 aromatic heterocycles. The molecule has 2 aromatic rings. The molecule has 126 valence electrons. The Kier molecular flexibility index (Phi) is 6.91. The van der Waals surface area contributed by atoms with Crippen LogP contribution in [-0.4, -0.2) is 39.2 Å². The number of anilines is 1. The number of nitrogens with one attached hydrogen (secondary N) is 1. The van der Waals surface area contributed by atoms with E-state index in [1.807, 2.05) is 12.3 Å². The van der Waals surface area contributed by atoms with Crippen molar-refractivity contribution in [2.75, 3.05) is 18.4 Å². The van der Waals surface area contributed by atoms with Gasteiger partial charge in [0.15, 0.2) is 0 Å². The molecule has 0 aromatic carbocycles. The average molecular weight is 354 g/mol. The predicted octanol–water partition coefficient (Wildman–Crippen LogP) is 3.99. The molecule has 2 heterocycles. The second kappa shape index (κ2) is 8.93. The second-order valence-corrected chi connectivity index (χ2v) is 7.13. The molecule has 0 saturated heterocycles. The minimum absolute atomic E-state index is 0.128. The van der Waals surface area contributed by atoms with E-state index in [0.29, 0.717) is 24.1 Å². The van der Waals surface area contributed by atoms with E-state index in [1.54, 1.807) is 22.4 Å². The van der Waals surface area contributed by atoms with Crippen LogP contribution in [0.25, 0.3) is 0 Å². The summed E-state index contributed by atoms with van der Waals surface area (Å²) in [7, 11) is 0. The first-order chi connectivity index (χ1) is 11.2. The molecule has 2 amide bonds. The number of amides is 2. The summed E-state index contributed by atoms with van der Waals surface area (Å²) in [6.45, 7) is 7.55. The molecule has 0 atom stereocenters. The molecule has 0 spiro atoms. The number of thiazole rings is 1. The fraction of sp³-hybridized carbons (Fsp3) is 0.600. The van der Waals surface area contributed by atoms with Crippen molar-refractivity contribution in [3.63, 3.8) is 0 Å². The highest BCUT2D eigenvalue weighted by atomic mass is 32.1. The summed E-state index contributed by atoms with van der Waals surface area (Å²) in [4.78, 5) is 18.4. The van der Waals surface area contributed by atoms with Crippen LogP contribution in [0, 0.1) is 0 Å². The van der Waals surface area contributed by atoms with Gasteiger partial charge in [-0.2, -0.15) is 0 Å². The topological polar surface area (TPSA) is 71.0 Å². The number of carbonyl (C=O) groups excluding carboxylic acids is 1. The number of aromatic nitrogens is 3. The van der Waals surface area contributed by atoms with Crippen LogP contribution in [0.5, 0.6) is 0 Å². The van der Waals surface area contributed by atoms with Crippen LogP contribution in [0.1, 0.15) is 49.5 Å². The lowest BCUT2D eigenvalue weighted by Crippen LogP contribution is -2.36. The van der Waals surface area contributed by atoms with Crippen LogP contribution < -0.4 is 5.32 Å². The van der Waals surface area contributed by atoms with E-state index in [0.717, 1.165) is 29.3 Å². The van der Waals surface area contributed by atoms with Gasteiger partial charge in [0.2, 0.25) is 5.13 Å². The number of carbonyl (C=O) groups is 1. The molecule has 8 heteroatoms. The van der Waals surface area contributed by atoms with Gasteiger partial charge >= 0.3 is 6.03 Å². The van der Waals surface area contributed by atoms with E-state index in [4.69, 9.17) is 0 Å². The van der Waals surface area contributed by atoms with Gasteiger partial charge in [-0.05, 0) is 19.8 Å². The van der Waals surface area contributed by atoms with Crippen molar-refractivity contribution < 1.29 is 4.79 Å². The van der Waals surface area contributed by atoms with Gasteiger partial charge in [-0.3, -0.25) is 5.32 Å². The summed E-state index contributed by atoms with van der Waals surface area (Å²) in [5.41, 5.74) is 0. The minimum Gasteiger partial charge on any atom is -0.324 e. The zero-order valence-corrected chi connectivity index (χ0v) is 15.4. The third kappa shape index (κ3) is 4.97. The van der Waals surface area contributed by atoms with Gasteiger partial charge in [-0.15, -0.1) is 21.5 Å². The zero-order valence-electron chi connectivity index (χ0n) is 13.8. The lowest BCUT2D eigenvalue weighted by molar-refractivity contribution is 0.215. The minimum atomic E-state index is -0.128. The Bertz CT molecular complexity index is 595. The molecule has 6 nitrogen and oxygen atoms in total. The number of rotatable bonds is 8. The third-order valence-electron chi connectivity index (χ3n) is 3.74. The van der Waals surface area contributed by atoms with Crippen molar-refractivity contribution in [3.05, 3.63) is 21.6 Å². The standard InChI is InChI=1S/C15H23N5OS2/c1-4-11(5-2)13-18-19-14(23-13)17-15(21)20(6-3)9-7-12-16-8-10-22-12/h8,10-11H,4-7,9H2,1-3H3,(H,17,19,21). The van der Waals surface area contributed by atoms with Gasteiger partial charge in [0.25, 0.3) is 0 Å². The molecule has 0 fully saturated rings. The van der Waals surface area contributed by atoms with E-state index in [9.17, 15) is 4.79 Å². The van der Waals surface area contributed by atoms with Crippen LogP contribution in [0.15, 0.2) is 11.6 Å². The molecule has 0 aliphatic carbocycles. The summed E-state index contributed by atoms with van der Waals surface area (Å²) in [5, 5.41) is 15.7. The summed E-state index contributed by atoms with van der Waals surface area (Å²) < 4.78 is 0. The normalized spacial score (nSPS) is 11.0. The highest BCUT2D eigenvalue weighted by molar-refractivity contribution is 7.15. The number of likely N-dealkylation sites (N-methyl/N-ethyl adjacent to an activating group) is 1. The van der Waals surface area contributed by atoms with Gasteiger partial charge in [-0.25, -0.2) is 9.78 Å². The quantitative estimate of drug-likeness (QED) is 0.779. The number of nitrogens with zero attached hydrogens (tertiary/aromatic N) is 4. The Morgan fingerprint density at radius 1 is 1.30 bits per heavy atom. The number of hydrogen-bond acceptors (Lipinski definition) is 6. The lowest BCUT2D eigenvalue weighted by atomic mass is 10.1. The summed E-state index contributed by atoms with van der Waals surface area (Å²) in [5.74, 6) is 0.422. The first-order valence-electron chi connectivity index (χ1n) is 7.95. The Labute approximate surface area is 145 Å². The van der Waals surface area contributed by atoms with E-state index in [-0.39, 0.29) is 6.03 Å². The molecule has 0 bridgehead atoms. The highest BCUT2D eigenvalue weighted by Gasteiger charge is 2.17. The van der Waals surface area contributed by atoms with Crippen LogP contribution in [0.3, 0.4) is 0 Å². The van der Waals surface area contributed by atoms with Crippen LogP contribution in [-0.2, 0) is 6.42 Å². The largest absolute Gasteiger partial charge is 0.324 e. The fourth-order valence-electron chi connectivity index (χ4n) is 2.27. The van der Waals surface area contributed by atoms with E-state index >= 15 is 0 Å². The Morgan fingerprint density at radius 2 is 2.09 bits per heavy atom. The fourth-order valence-corrected chi connectivity index (χ4v) is 3.88. The van der Waals surface area contributed by atoms with Gasteiger partial charge in [-0.1, -0.05) is 25.2 Å². The summed E-state index contributed by atoms with van der Waals surface area (Å²) in [6, 6.07) is -0.128. The van der Waals surface area contributed by atoms with Crippen molar-refractivity contribution in [1.29, 1.82) is 0 Å². The lowest BCUT2D eigenvalue weighted by Gasteiger charge is -2.19. The van der Waals surface area contributed by atoms with Crippen molar-refractivity contribution in [3.8, 4) is 0 Å². The van der Waals surface area contributed by atoms with Gasteiger partial charge in [0.1, 0.15) is 5.01 Å². The maximum atomic E-state index is 12.4. The first kappa shape index (κ1) is 17.8. The molecule has 0 aliphatic rings. The molecular formula is C15H23N5OS2. The van der Waals surface area contributed by atoms with Gasteiger partial charge < -0.3 is 4.90 Å². The van der Waals surface area contributed by atoms with Crippen LogP contribution in [0.2, 0.25) is 0 Å². The van der Waals surface area contributed by atoms with Crippen LogP contribution >= 0.6 is 22.7 Å². The zero-order chi connectivity index (χ0) is 16.7. The summed E-state index contributed by atoms with van der Waals surface area (Å²) >= 11 is 3.08. The molecule has 0 aliphatic heterocycles. The number of urea groups is 1. The number of hydrogen-bond donors (Lipinski definition) is 1. The molecule has 1 N–H and O–H groups in total. The van der Waals surface area contributed by atoms with Crippen molar-refractivity contribution in [1.82, 2.24) is 20.1 Å². The third-order valence-corrected chi connectivity index (χ3v) is 5.58. The predicted molar refractivity (Wildman–Crippen MR) is 95.3 cm³/mol. The van der Waals surface area contributed by atoms with Crippen molar-refractivity contribution >= 4 is 33.8 Å². The Hall–Kier alpha value is -1.54. The molecular weight excluding hydrogens is 330 g/mol. The molecule has 0 saturated carbocycles. The molecule has 0 unspecified atom stereocenters. The van der Waals surface area contributed by atoms with Gasteiger partial charge in [0, 0.05) is 37.0 Å². The van der Waals surface area contributed by atoms with Crippen LogP contribution in [0.4, 0.5) is 9.93 Å². The molecule has 23 heavy (non-hydrogen) atoms. The maximum absolute atomic E-state index is 12.4. The van der Waals surface area contributed by atoms with Gasteiger partial charge in [0.05, 0.1) is 5.01 Å². The Morgan fingerprint density at radius 3 is 2.70 bits per heavy atom. The van der Waals surface area contributed by atoms with Crippen molar-refractivity contribution in [2.45, 2.75) is 46.0 Å². The molecule has 0 radical (unpaired) electrons. The monoisotopic (exact) mass is 353 g/mol. The average Bonchev–Trinajstić information content (AvgIpc) is 3.21. The maximum Gasteiger partial charge on any atom is 0.323 e. The van der Waals surface area contributed by atoms with E-state index < -0.39 is 0 Å². The second-order valence-electron chi connectivity index (χ2n) is 5.14. The first-order valence-corrected chi connectivity index (χ1v) is 9.65. The highest BCUT2D eigenvalue weighted by Crippen LogP contribution is 2.28. The molecule has 2 rings (SSSR count). The smallest absolute Gasteiger partial charge is 0.323 e.